The topological polar surface area (TPSA) is 65.0 Å². The summed E-state index contributed by atoms with van der Waals surface area (Å²) in [7, 11) is 0. The largest absolute Gasteiger partial charge is 0.478 e. The van der Waals surface area contributed by atoms with Crippen molar-refractivity contribution >= 4 is 17.7 Å². The highest BCUT2D eigenvalue weighted by molar-refractivity contribution is 7.99. The Bertz CT molecular complexity index is 526. The number of carbonyl (C=O) groups is 1. The number of thioether (sulfide) groups is 1. The number of rotatable bonds is 9. The summed E-state index contributed by atoms with van der Waals surface area (Å²) >= 11 is 1.71. The van der Waals surface area contributed by atoms with Gasteiger partial charge in [-0.25, -0.2) is 4.79 Å². The van der Waals surface area contributed by atoms with Crippen molar-refractivity contribution in [1.29, 1.82) is 0 Å². The lowest BCUT2D eigenvalue weighted by Gasteiger charge is -2.22. The molecule has 1 atom stereocenters. The highest BCUT2D eigenvalue weighted by Crippen LogP contribution is 2.26. The van der Waals surface area contributed by atoms with E-state index in [1.54, 1.807) is 31.7 Å². The van der Waals surface area contributed by atoms with Crippen LogP contribution in [0.1, 0.15) is 39.5 Å². The van der Waals surface area contributed by atoms with Crippen LogP contribution in [-0.4, -0.2) is 41.9 Å². The first-order chi connectivity index (χ1) is 11.5. The smallest absolute Gasteiger partial charge is 0.347 e. The second-order valence-corrected chi connectivity index (χ2v) is 7.43. The standard InChI is InChI=1S/C18H26O5S/c1-18(2,17(19)20)23-14-7-5-8-15(13-14)24-12-6-11-22-16-9-3-4-10-21-16/h5,7-8,13,16H,3-4,6,9-12H2,1-2H3,(H,19,20). The molecule has 5 nitrogen and oxygen atoms in total. The summed E-state index contributed by atoms with van der Waals surface area (Å²) in [6.07, 6.45) is 4.21. The van der Waals surface area contributed by atoms with E-state index >= 15 is 0 Å². The van der Waals surface area contributed by atoms with Crippen LogP contribution in [0.15, 0.2) is 29.2 Å². The predicted molar refractivity (Wildman–Crippen MR) is 93.7 cm³/mol. The lowest BCUT2D eigenvalue weighted by molar-refractivity contribution is -0.162. The van der Waals surface area contributed by atoms with Crippen molar-refractivity contribution in [2.24, 2.45) is 0 Å². The Morgan fingerprint density at radius 1 is 1.42 bits per heavy atom. The Balaban J connectivity index is 1.71. The van der Waals surface area contributed by atoms with E-state index in [1.807, 2.05) is 18.2 Å². The summed E-state index contributed by atoms with van der Waals surface area (Å²) in [5.74, 6) is 0.514. The number of carboxylic acid groups (broad SMARTS) is 1. The predicted octanol–water partition coefficient (Wildman–Crippen LogP) is 3.95. The summed E-state index contributed by atoms with van der Waals surface area (Å²) in [5.41, 5.74) is -1.24. The number of carboxylic acids is 1. The molecule has 0 saturated carbocycles. The van der Waals surface area contributed by atoms with Crippen molar-refractivity contribution < 1.29 is 24.1 Å². The minimum Gasteiger partial charge on any atom is -0.478 e. The molecule has 1 fully saturated rings. The molecule has 0 spiro atoms. The van der Waals surface area contributed by atoms with E-state index in [1.165, 1.54) is 6.42 Å². The maximum Gasteiger partial charge on any atom is 0.347 e. The van der Waals surface area contributed by atoms with Crippen LogP contribution in [0.25, 0.3) is 0 Å². The number of ether oxygens (including phenoxy) is 3. The Labute approximate surface area is 147 Å². The summed E-state index contributed by atoms with van der Waals surface area (Å²) in [6, 6.07) is 7.52. The number of benzene rings is 1. The molecule has 2 rings (SSSR count). The fraction of sp³-hybridized carbons (Fsp3) is 0.611. The molecule has 134 valence electrons. The van der Waals surface area contributed by atoms with Gasteiger partial charge in [0.25, 0.3) is 0 Å². The quantitative estimate of drug-likeness (QED) is 0.535. The molecule has 1 aromatic carbocycles. The van der Waals surface area contributed by atoms with Crippen molar-refractivity contribution in [1.82, 2.24) is 0 Å². The number of hydrogen-bond donors (Lipinski definition) is 1. The first-order valence-electron chi connectivity index (χ1n) is 8.36. The lowest BCUT2D eigenvalue weighted by atomic mass is 10.1. The van der Waals surface area contributed by atoms with Gasteiger partial charge in [-0.05, 0) is 57.7 Å². The zero-order valence-electron chi connectivity index (χ0n) is 14.3. The van der Waals surface area contributed by atoms with Crippen LogP contribution >= 0.6 is 11.8 Å². The van der Waals surface area contributed by atoms with Gasteiger partial charge >= 0.3 is 5.97 Å². The summed E-state index contributed by atoms with van der Waals surface area (Å²) in [4.78, 5) is 12.2. The van der Waals surface area contributed by atoms with E-state index in [9.17, 15) is 4.79 Å². The van der Waals surface area contributed by atoms with Gasteiger partial charge in [-0.2, -0.15) is 0 Å². The fourth-order valence-corrected chi connectivity index (χ4v) is 3.14. The molecule has 0 aliphatic carbocycles. The molecule has 0 radical (unpaired) electrons. The Kier molecular flexibility index (Phi) is 7.40. The molecule has 1 aliphatic rings. The third-order valence-corrected chi connectivity index (χ3v) is 4.77. The van der Waals surface area contributed by atoms with Crippen molar-refractivity contribution in [3.8, 4) is 5.75 Å². The van der Waals surface area contributed by atoms with Gasteiger partial charge in [0, 0.05) is 17.3 Å². The first-order valence-corrected chi connectivity index (χ1v) is 9.34. The SMILES string of the molecule is CC(C)(Oc1cccc(SCCCOC2CCCCO2)c1)C(=O)O. The van der Waals surface area contributed by atoms with E-state index < -0.39 is 11.6 Å². The van der Waals surface area contributed by atoms with Crippen LogP contribution in [-0.2, 0) is 14.3 Å². The monoisotopic (exact) mass is 354 g/mol. The van der Waals surface area contributed by atoms with Gasteiger partial charge < -0.3 is 19.3 Å². The second kappa shape index (κ2) is 9.30. The van der Waals surface area contributed by atoms with Crippen molar-refractivity contribution in [2.45, 2.75) is 56.3 Å². The van der Waals surface area contributed by atoms with Crippen molar-refractivity contribution in [3.05, 3.63) is 24.3 Å². The van der Waals surface area contributed by atoms with Crippen LogP contribution in [0, 0.1) is 0 Å². The molecule has 0 bridgehead atoms. The van der Waals surface area contributed by atoms with Crippen LogP contribution in [0.3, 0.4) is 0 Å². The Hall–Kier alpha value is -1.24. The van der Waals surface area contributed by atoms with Crippen molar-refractivity contribution in [2.75, 3.05) is 19.0 Å². The highest BCUT2D eigenvalue weighted by Gasteiger charge is 2.29. The van der Waals surface area contributed by atoms with Crippen LogP contribution < -0.4 is 4.74 Å². The minimum absolute atomic E-state index is 0.0290. The van der Waals surface area contributed by atoms with Crippen LogP contribution in [0.5, 0.6) is 5.75 Å². The molecule has 1 aliphatic heterocycles. The lowest BCUT2D eigenvalue weighted by Crippen LogP contribution is -2.37. The van der Waals surface area contributed by atoms with Crippen molar-refractivity contribution in [3.63, 3.8) is 0 Å². The first kappa shape index (κ1) is 19.1. The molecule has 1 N–H and O–H groups in total. The average molecular weight is 354 g/mol. The molecule has 0 aromatic heterocycles. The van der Waals surface area contributed by atoms with E-state index in [2.05, 4.69) is 0 Å². The fourth-order valence-electron chi connectivity index (χ4n) is 2.27. The summed E-state index contributed by atoms with van der Waals surface area (Å²) < 4.78 is 16.8. The number of hydrogen-bond acceptors (Lipinski definition) is 5. The molecular formula is C18H26O5S. The third-order valence-electron chi connectivity index (χ3n) is 3.69. The average Bonchev–Trinajstić information content (AvgIpc) is 2.55. The van der Waals surface area contributed by atoms with Gasteiger partial charge in [0.1, 0.15) is 5.75 Å². The van der Waals surface area contributed by atoms with Gasteiger partial charge in [0.2, 0.25) is 0 Å². The van der Waals surface area contributed by atoms with E-state index in [4.69, 9.17) is 19.3 Å². The highest BCUT2D eigenvalue weighted by atomic mass is 32.2. The summed E-state index contributed by atoms with van der Waals surface area (Å²) in [5, 5.41) is 9.13. The van der Waals surface area contributed by atoms with Crippen LogP contribution in [0.4, 0.5) is 0 Å². The van der Waals surface area contributed by atoms with Gasteiger partial charge in [0.15, 0.2) is 11.9 Å². The Morgan fingerprint density at radius 2 is 2.25 bits per heavy atom. The van der Waals surface area contributed by atoms with Gasteiger partial charge in [0.05, 0.1) is 6.61 Å². The zero-order chi connectivity index (χ0) is 17.4. The molecule has 1 saturated heterocycles. The number of aliphatic carboxylic acids is 1. The van der Waals surface area contributed by atoms with Gasteiger partial charge in [-0.15, -0.1) is 11.8 Å². The van der Waals surface area contributed by atoms with Gasteiger partial charge in [-0.3, -0.25) is 0 Å². The normalized spacial score (nSPS) is 18.3. The molecular weight excluding hydrogens is 328 g/mol. The Morgan fingerprint density at radius 3 is 2.96 bits per heavy atom. The molecule has 1 heterocycles. The maximum absolute atomic E-state index is 11.1. The summed E-state index contributed by atoms with van der Waals surface area (Å²) in [6.45, 7) is 4.58. The van der Waals surface area contributed by atoms with E-state index in [-0.39, 0.29) is 6.29 Å². The zero-order valence-corrected chi connectivity index (χ0v) is 15.1. The van der Waals surface area contributed by atoms with E-state index in [0.29, 0.717) is 12.4 Å². The molecule has 24 heavy (non-hydrogen) atoms. The van der Waals surface area contributed by atoms with Crippen LogP contribution in [0.2, 0.25) is 0 Å². The minimum atomic E-state index is -1.24. The third kappa shape index (κ3) is 6.34. The molecule has 6 heteroatoms. The molecule has 1 aromatic rings. The second-order valence-electron chi connectivity index (χ2n) is 6.26. The molecule has 1 unspecified atom stereocenters. The van der Waals surface area contributed by atoms with Gasteiger partial charge in [-0.1, -0.05) is 6.07 Å². The van der Waals surface area contributed by atoms with E-state index in [0.717, 1.165) is 36.5 Å². The molecule has 0 amide bonds. The maximum atomic E-state index is 11.1.